The van der Waals surface area contributed by atoms with E-state index in [9.17, 15) is 9.59 Å². The topological polar surface area (TPSA) is 72.8 Å². The minimum absolute atomic E-state index is 0.236. The quantitative estimate of drug-likeness (QED) is 0.777. The molecule has 5 heteroatoms. The molecule has 0 heterocycles. The Balaban J connectivity index is 2.98. The van der Waals surface area contributed by atoms with E-state index >= 15 is 0 Å². The average Bonchev–Trinajstić information content (AvgIpc) is 2.44. The van der Waals surface area contributed by atoms with Crippen molar-refractivity contribution in [2.75, 3.05) is 13.7 Å². The van der Waals surface area contributed by atoms with Gasteiger partial charge in [0, 0.05) is 0 Å². The molecule has 1 aromatic carbocycles. The van der Waals surface area contributed by atoms with E-state index in [1.165, 1.54) is 0 Å². The molecule has 0 aliphatic rings. The van der Waals surface area contributed by atoms with Crippen LogP contribution in [-0.4, -0.2) is 30.8 Å². The summed E-state index contributed by atoms with van der Waals surface area (Å²) < 4.78 is 10.1. The highest BCUT2D eigenvalue weighted by molar-refractivity contribution is 5.80. The average molecular weight is 280 g/mol. The zero-order valence-corrected chi connectivity index (χ0v) is 12.0. The van der Waals surface area contributed by atoms with Crippen molar-refractivity contribution in [3.8, 4) is 5.75 Å². The first-order chi connectivity index (χ1) is 9.49. The third kappa shape index (κ3) is 4.26. The summed E-state index contributed by atoms with van der Waals surface area (Å²) in [6, 6.07) is 7.26. The van der Waals surface area contributed by atoms with Crippen LogP contribution in [0.5, 0.6) is 5.75 Å². The van der Waals surface area contributed by atoms with Crippen molar-refractivity contribution in [2.24, 2.45) is 5.92 Å². The largest absolute Gasteiger partial charge is 0.497 e. The number of carboxylic acids is 1. The van der Waals surface area contributed by atoms with Gasteiger partial charge in [-0.3, -0.25) is 9.59 Å². The minimum atomic E-state index is -1.02. The second kappa shape index (κ2) is 7.53. The van der Waals surface area contributed by atoms with E-state index in [0.29, 0.717) is 5.75 Å². The first-order valence-electron chi connectivity index (χ1n) is 6.52. The number of rotatable bonds is 7. The molecule has 1 N–H and O–H groups in total. The van der Waals surface area contributed by atoms with Crippen molar-refractivity contribution in [1.82, 2.24) is 0 Å². The SMILES string of the molecule is CCOC(=O)[C@H](CC(=O)O)[C@@H](C)c1cccc(OC)c1. The van der Waals surface area contributed by atoms with E-state index in [0.717, 1.165) is 5.56 Å². The smallest absolute Gasteiger partial charge is 0.310 e. The predicted octanol–water partition coefficient (Wildman–Crippen LogP) is 2.45. The molecule has 110 valence electrons. The number of benzene rings is 1. The number of esters is 1. The first-order valence-corrected chi connectivity index (χ1v) is 6.52. The van der Waals surface area contributed by atoms with Crippen LogP contribution < -0.4 is 4.74 Å². The first kappa shape index (κ1) is 16.0. The van der Waals surface area contributed by atoms with Gasteiger partial charge in [0.15, 0.2) is 0 Å². The highest BCUT2D eigenvalue weighted by Gasteiger charge is 2.30. The molecule has 2 atom stereocenters. The van der Waals surface area contributed by atoms with E-state index in [4.69, 9.17) is 14.6 Å². The lowest BCUT2D eigenvalue weighted by Gasteiger charge is -2.21. The summed E-state index contributed by atoms with van der Waals surface area (Å²) in [6.07, 6.45) is -0.253. The standard InChI is InChI=1S/C15H20O5/c1-4-20-15(18)13(9-14(16)17)10(2)11-6-5-7-12(8-11)19-3/h5-8,10,13H,4,9H2,1-3H3,(H,16,17)/t10-,13+/m0/s1. The monoisotopic (exact) mass is 280 g/mol. The van der Waals surface area contributed by atoms with Crippen molar-refractivity contribution in [1.29, 1.82) is 0 Å². The summed E-state index contributed by atoms with van der Waals surface area (Å²) in [6.45, 7) is 3.75. The van der Waals surface area contributed by atoms with Gasteiger partial charge in [0.25, 0.3) is 0 Å². The number of carbonyl (C=O) groups excluding carboxylic acids is 1. The molecule has 20 heavy (non-hydrogen) atoms. The molecule has 0 radical (unpaired) electrons. The molecule has 0 saturated carbocycles. The fraction of sp³-hybridized carbons (Fsp3) is 0.467. The number of methoxy groups -OCH3 is 1. The lowest BCUT2D eigenvalue weighted by molar-refractivity contribution is -0.153. The summed E-state index contributed by atoms with van der Waals surface area (Å²) in [5, 5.41) is 8.97. The van der Waals surface area contributed by atoms with Crippen LogP contribution in [0.4, 0.5) is 0 Å². The molecule has 1 aromatic rings. The van der Waals surface area contributed by atoms with E-state index in [1.54, 1.807) is 26.2 Å². The van der Waals surface area contributed by atoms with Gasteiger partial charge in [0.2, 0.25) is 0 Å². The maximum atomic E-state index is 11.9. The molecular formula is C15H20O5. The Morgan fingerprint density at radius 3 is 2.60 bits per heavy atom. The predicted molar refractivity (Wildman–Crippen MR) is 73.8 cm³/mol. The van der Waals surface area contributed by atoms with Crippen LogP contribution in [0.2, 0.25) is 0 Å². The Kier molecular flexibility index (Phi) is 6.03. The van der Waals surface area contributed by atoms with Gasteiger partial charge in [-0.05, 0) is 30.5 Å². The van der Waals surface area contributed by atoms with E-state index in [-0.39, 0.29) is 18.9 Å². The third-order valence-corrected chi connectivity index (χ3v) is 3.21. The maximum Gasteiger partial charge on any atom is 0.310 e. The summed E-state index contributed by atoms with van der Waals surface area (Å²) >= 11 is 0. The highest BCUT2D eigenvalue weighted by atomic mass is 16.5. The number of carboxylic acid groups (broad SMARTS) is 1. The Labute approximate surface area is 118 Å². The van der Waals surface area contributed by atoms with Gasteiger partial charge in [-0.1, -0.05) is 19.1 Å². The number of ether oxygens (including phenoxy) is 2. The number of hydrogen-bond donors (Lipinski definition) is 1. The molecule has 0 unspecified atom stereocenters. The van der Waals surface area contributed by atoms with Gasteiger partial charge in [0.05, 0.1) is 26.1 Å². The van der Waals surface area contributed by atoms with Crippen LogP contribution in [0, 0.1) is 5.92 Å². The summed E-state index contributed by atoms with van der Waals surface area (Å²) in [7, 11) is 1.56. The van der Waals surface area contributed by atoms with Crippen LogP contribution in [0.1, 0.15) is 31.7 Å². The zero-order chi connectivity index (χ0) is 15.1. The van der Waals surface area contributed by atoms with Crippen molar-refractivity contribution in [3.05, 3.63) is 29.8 Å². The second-order valence-electron chi connectivity index (χ2n) is 4.52. The lowest BCUT2D eigenvalue weighted by atomic mass is 9.85. The molecule has 0 spiro atoms. The van der Waals surface area contributed by atoms with E-state index in [1.807, 2.05) is 19.1 Å². The Bertz CT molecular complexity index is 469. The van der Waals surface area contributed by atoms with Crippen molar-refractivity contribution in [3.63, 3.8) is 0 Å². The molecule has 0 fully saturated rings. The molecule has 0 saturated heterocycles. The van der Waals surface area contributed by atoms with Crippen LogP contribution in [-0.2, 0) is 14.3 Å². The van der Waals surface area contributed by atoms with E-state index < -0.39 is 17.9 Å². The minimum Gasteiger partial charge on any atom is -0.497 e. The molecular weight excluding hydrogens is 260 g/mol. The van der Waals surface area contributed by atoms with Crippen LogP contribution in [0.15, 0.2) is 24.3 Å². The second-order valence-corrected chi connectivity index (χ2v) is 4.52. The normalized spacial score (nSPS) is 13.3. The van der Waals surface area contributed by atoms with Crippen LogP contribution >= 0.6 is 0 Å². The molecule has 5 nitrogen and oxygen atoms in total. The zero-order valence-electron chi connectivity index (χ0n) is 12.0. The molecule has 0 amide bonds. The van der Waals surface area contributed by atoms with Gasteiger partial charge in [-0.15, -0.1) is 0 Å². The molecule has 0 aliphatic heterocycles. The van der Waals surface area contributed by atoms with Crippen molar-refractivity contribution in [2.45, 2.75) is 26.2 Å². The Morgan fingerprint density at radius 1 is 1.35 bits per heavy atom. The van der Waals surface area contributed by atoms with Gasteiger partial charge < -0.3 is 14.6 Å². The number of carbonyl (C=O) groups is 2. The summed E-state index contributed by atoms with van der Waals surface area (Å²) in [4.78, 5) is 22.9. The fourth-order valence-corrected chi connectivity index (χ4v) is 2.06. The molecule has 1 rings (SSSR count). The Morgan fingerprint density at radius 2 is 2.05 bits per heavy atom. The number of hydrogen-bond acceptors (Lipinski definition) is 4. The molecule has 0 bridgehead atoms. The highest BCUT2D eigenvalue weighted by Crippen LogP contribution is 2.30. The van der Waals surface area contributed by atoms with Gasteiger partial charge in [0.1, 0.15) is 5.75 Å². The van der Waals surface area contributed by atoms with Crippen LogP contribution in [0.25, 0.3) is 0 Å². The van der Waals surface area contributed by atoms with Gasteiger partial charge in [-0.25, -0.2) is 0 Å². The third-order valence-electron chi connectivity index (χ3n) is 3.21. The Hall–Kier alpha value is -2.04. The summed E-state index contributed by atoms with van der Waals surface area (Å²) in [5.41, 5.74) is 0.851. The summed E-state index contributed by atoms with van der Waals surface area (Å²) in [5.74, 6) is -1.80. The number of aliphatic carboxylic acids is 1. The van der Waals surface area contributed by atoms with Gasteiger partial charge >= 0.3 is 11.9 Å². The van der Waals surface area contributed by atoms with Crippen molar-refractivity contribution < 1.29 is 24.2 Å². The maximum absolute atomic E-state index is 11.9. The fourth-order valence-electron chi connectivity index (χ4n) is 2.06. The van der Waals surface area contributed by atoms with Crippen LogP contribution in [0.3, 0.4) is 0 Å². The molecule has 0 aromatic heterocycles. The van der Waals surface area contributed by atoms with Gasteiger partial charge in [-0.2, -0.15) is 0 Å². The molecule has 0 aliphatic carbocycles. The van der Waals surface area contributed by atoms with E-state index in [2.05, 4.69) is 0 Å². The lowest BCUT2D eigenvalue weighted by Crippen LogP contribution is -2.26. The van der Waals surface area contributed by atoms with Crippen molar-refractivity contribution >= 4 is 11.9 Å².